The number of benzene rings is 3. The molecule has 0 aliphatic heterocycles. The van der Waals surface area contributed by atoms with Crippen LogP contribution in [0.25, 0.3) is 38.8 Å². The van der Waals surface area contributed by atoms with E-state index in [1.165, 1.54) is 44.5 Å². The van der Waals surface area contributed by atoms with Gasteiger partial charge in [0.15, 0.2) is 11.9 Å². The summed E-state index contributed by atoms with van der Waals surface area (Å²) in [7, 11) is 2.14. The number of rotatable bonds is 2. The molecule has 0 spiro atoms. The molecule has 0 aliphatic rings. The van der Waals surface area contributed by atoms with Crippen molar-refractivity contribution in [3.05, 3.63) is 95.4 Å². The van der Waals surface area contributed by atoms with Crippen molar-refractivity contribution in [2.75, 3.05) is 0 Å². The largest absolute Gasteiger partial charge is 0.240 e. The van der Waals surface area contributed by atoms with E-state index in [1.807, 2.05) is 6.07 Å². The van der Waals surface area contributed by atoms with Crippen molar-refractivity contribution in [3.8, 4) is 16.9 Å². The number of para-hydroxylation sites is 2. The highest BCUT2D eigenvalue weighted by atomic mass is 15.0. The zero-order valence-corrected chi connectivity index (χ0v) is 18.8. The van der Waals surface area contributed by atoms with E-state index in [1.54, 1.807) is 0 Å². The quantitative estimate of drug-likeness (QED) is 0.361. The average molecular weight is 406 g/mol. The fourth-order valence-corrected chi connectivity index (χ4v) is 4.71. The van der Waals surface area contributed by atoms with Crippen LogP contribution in [-0.4, -0.2) is 4.98 Å². The first-order chi connectivity index (χ1) is 14.9. The van der Waals surface area contributed by atoms with E-state index in [-0.39, 0.29) is 0 Å². The normalized spacial score (nSPS) is 11.4. The summed E-state index contributed by atoms with van der Waals surface area (Å²) < 4.78 is 4.60. The van der Waals surface area contributed by atoms with Crippen LogP contribution in [0, 0.1) is 27.7 Å². The Morgan fingerprint density at radius 2 is 1.48 bits per heavy atom. The third-order valence-electron chi connectivity index (χ3n) is 6.26. The Hall–Kier alpha value is -3.59. The van der Waals surface area contributed by atoms with Crippen LogP contribution in [-0.2, 0) is 7.05 Å². The van der Waals surface area contributed by atoms with Crippen LogP contribution in [0.5, 0.6) is 0 Å². The number of hydrogen-bond acceptors (Lipinski definition) is 1. The Morgan fingerprint density at radius 1 is 0.774 bits per heavy atom. The highest BCUT2D eigenvalue weighted by Gasteiger charge is 2.25. The number of nitrogens with zero attached hydrogens (tertiary/aromatic N) is 3. The van der Waals surface area contributed by atoms with Gasteiger partial charge in [0.2, 0.25) is 16.9 Å². The molecule has 0 saturated carbocycles. The maximum Gasteiger partial charge on any atom is 0.234 e. The molecular weight excluding hydrogens is 378 g/mol. The number of aromatic nitrogens is 3. The van der Waals surface area contributed by atoms with E-state index < -0.39 is 0 Å². The van der Waals surface area contributed by atoms with Crippen molar-refractivity contribution >= 4 is 21.8 Å². The second-order valence-corrected chi connectivity index (χ2v) is 8.46. The fourth-order valence-electron chi connectivity index (χ4n) is 4.71. The molecule has 3 aromatic carbocycles. The number of pyridine rings is 1. The molecule has 152 valence electrons. The van der Waals surface area contributed by atoms with Gasteiger partial charge < -0.3 is 0 Å². The van der Waals surface area contributed by atoms with Gasteiger partial charge >= 0.3 is 0 Å². The summed E-state index contributed by atoms with van der Waals surface area (Å²) in [5.41, 5.74) is 10.5. The number of hydrogen-bond donors (Lipinski definition) is 0. The van der Waals surface area contributed by atoms with Crippen LogP contribution in [0.15, 0.2) is 72.9 Å². The van der Waals surface area contributed by atoms with Gasteiger partial charge in [0, 0.05) is 36.1 Å². The van der Waals surface area contributed by atoms with E-state index >= 15 is 0 Å². The highest BCUT2D eigenvalue weighted by molar-refractivity contribution is 5.81. The molecule has 0 unspecified atom stereocenters. The predicted octanol–water partition coefficient (Wildman–Crippen LogP) is 5.39. The Labute approximate surface area is 183 Å². The van der Waals surface area contributed by atoms with E-state index in [4.69, 9.17) is 4.98 Å². The summed E-state index contributed by atoms with van der Waals surface area (Å²) in [5.74, 6) is 0. The molecule has 0 atom stereocenters. The van der Waals surface area contributed by atoms with Crippen molar-refractivity contribution in [2.24, 2.45) is 7.05 Å². The van der Waals surface area contributed by atoms with Crippen LogP contribution in [0.2, 0.25) is 0 Å². The molecule has 0 bridgehead atoms. The summed E-state index contributed by atoms with van der Waals surface area (Å²) >= 11 is 0. The van der Waals surface area contributed by atoms with Crippen LogP contribution < -0.4 is 9.13 Å². The van der Waals surface area contributed by atoms with Crippen molar-refractivity contribution < 1.29 is 9.13 Å². The molecule has 0 radical (unpaired) electrons. The maximum atomic E-state index is 4.92. The Kier molecular flexibility index (Phi) is 4.55. The van der Waals surface area contributed by atoms with E-state index in [9.17, 15) is 0 Å². The summed E-state index contributed by atoms with van der Waals surface area (Å²) in [4.78, 5) is 4.92. The standard InChI is InChI=1S/C28H27N3/c1-18-14-24(28-21(4)29-25-12-8-9-13-26(25)30(28)5)20(3)27(15-18)31-17-23-11-7-6-10-22(23)16-19(31)2/h6-17H,1-5H3/q+2. The minimum absolute atomic E-state index is 1.02. The van der Waals surface area contributed by atoms with Gasteiger partial charge in [-0.15, -0.1) is 0 Å². The number of fused-ring (bicyclic) bond motifs is 2. The molecular formula is C28H27N3+2. The average Bonchev–Trinajstić information content (AvgIpc) is 2.75. The second kappa shape index (κ2) is 7.28. The molecule has 3 heteroatoms. The Morgan fingerprint density at radius 3 is 2.29 bits per heavy atom. The monoisotopic (exact) mass is 405 g/mol. The van der Waals surface area contributed by atoms with E-state index in [0.717, 1.165) is 16.7 Å². The molecule has 0 saturated heterocycles. The van der Waals surface area contributed by atoms with E-state index in [2.05, 4.69) is 111 Å². The molecule has 2 aromatic heterocycles. The van der Waals surface area contributed by atoms with Crippen molar-refractivity contribution in [3.63, 3.8) is 0 Å². The van der Waals surface area contributed by atoms with Crippen LogP contribution in [0.1, 0.15) is 22.5 Å². The Balaban J connectivity index is 1.80. The summed E-state index contributed by atoms with van der Waals surface area (Å²) in [6, 6.07) is 23.7. The van der Waals surface area contributed by atoms with Gasteiger partial charge in [-0.25, -0.2) is 4.98 Å². The van der Waals surface area contributed by atoms with Crippen LogP contribution in [0.3, 0.4) is 0 Å². The van der Waals surface area contributed by atoms with Crippen molar-refractivity contribution in [1.29, 1.82) is 0 Å². The van der Waals surface area contributed by atoms with Crippen LogP contribution >= 0.6 is 0 Å². The molecule has 0 N–H and O–H groups in total. The maximum absolute atomic E-state index is 4.92. The molecule has 0 fully saturated rings. The summed E-state index contributed by atoms with van der Waals surface area (Å²) in [5, 5.41) is 2.51. The minimum atomic E-state index is 1.02. The second-order valence-electron chi connectivity index (χ2n) is 8.46. The van der Waals surface area contributed by atoms with E-state index in [0.29, 0.717) is 0 Å². The first-order valence-corrected chi connectivity index (χ1v) is 10.7. The lowest BCUT2D eigenvalue weighted by molar-refractivity contribution is -0.634. The smallest absolute Gasteiger partial charge is 0.234 e. The first kappa shape index (κ1) is 19.4. The van der Waals surface area contributed by atoms with Gasteiger partial charge in [0.05, 0.1) is 5.56 Å². The highest BCUT2D eigenvalue weighted by Crippen LogP contribution is 2.29. The lowest BCUT2D eigenvalue weighted by Crippen LogP contribution is -2.36. The van der Waals surface area contributed by atoms with Crippen molar-refractivity contribution in [1.82, 2.24) is 4.98 Å². The predicted molar refractivity (Wildman–Crippen MR) is 126 cm³/mol. The van der Waals surface area contributed by atoms with Crippen LogP contribution in [0.4, 0.5) is 0 Å². The zero-order valence-electron chi connectivity index (χ0n) is 18.8. The third-order valence-corrected chi connectivity index (χ3v) is 6.26. The molecule has 2 heterocycles. The van der Waals surface area contributed by atoms with Gasteiger partial charge in [-0.2, -0.15) is 9.13 Å². The molecule has 5 rings (SSSR count). The first-order valence-electron chi connectivity index (χ1n) is 10.7. The third kappa shape index (κ3) is 3.17. The molecule has 31 heavy (non-hydrogen) atoms. The molecule has 0 aliphatic carbocycles. The number of aryl methyl sites for hydroxylation is 4. The van der Waals surface area contributed by atoms with Gasteiger partial charge in [0.1, 0.15) is 18.3 Å². The van der Waals surface area contributed by atoms with Crippen molar-refractivity contribution in [2.45, 2.75) is 27.7 Å². The van der Waals surface area contributed by atoms with Gasteiger partial charge in [0.25, 0.3) is 0 Å². The summed E-state index contributed by atoms with van der Waals surface area (Å²) in [6.45, 7) is 8.68. The lowest BCUT2D eigenvalue weighted by atomic mass is 9.98. The topological polar surface area (TPSA) is 20.6 Å². The lowest BCUT2D eigenvalue weighted by Gasteiger charge is -2.12. The van der Waals surface area contributed by atoms with Gasteiger partial charge in [-0.1, -0.05) is 30.3 Å². The minimum Gasteiger partial charge on any atom is -0.240 e. The zero-order chi connectivity index (χ0) is 21.7. The van der Waals surface area contributed by atoms with Gasteiger partial charge in [-0.05, 0) is 49.9 Å². The van der Waals surface area contributed by atoms with Gasteiger partial charge in [-0.3, -0.25) is 0 Å². The fraction of sp³-hybridized carbons (Fsp3) is 0.179. The molecule has 3 nitrogen and oxygen atoms in total. The molecule has 5 aromatic rings. The SMILES string of the molecule is Cc1cc(-c2c(C)nc3ccccc3[n+]2C)c(C)c(-[n+]2cc3ccccc3cc2C)c1. The Bertz CT molecular complexity index is 1480. The summed E-state index contributed by atoms with van der Waals surface area (Å²) in [6.07, 6.45) is 2.25. The molecule has 0 amide bonds.